The highest BCUT2D eigenvalue weighted by molar-refractivity contribution is 7.90. The zero-order valence-electron chi connectivity index (χ0n) is 14.3. The van der Waals surface area contributed by atoms with Gasteiger partial charge in [-0.05, 0) is 48.5 Å². The third kappa shape index (κ3) is 4.67. The van der Waals surface area contributed by atoms with Crippen molar-refractivity contribution in [3.05, 3.63) is 83.4 Å². The Labute approximate surface area is 162 Å². The summed E-state index contributed by atoms with van der Waals surface area (Å²) in [6, 6.07) is 19.7. The van der Waals surface area contributed by atoms with E-state index in [9.17, 15) is 13.2 Å². The summed E-state index contributed by atoms with van der Waals surface area (Å²) in [4.78, 5) is 12.7. The van der Waals surface area contributed by atoms with Gasteiger partial charge in [-0.2, -0.15) is 0 Å². The van der Waals surface area contributed by atoms with E-state index in [-0.39, 0.29) is 10.8 Å². The van der Waals surface area contributed by atoms with E-state index in [1.165, 1.54) is 24.3 Å². The number of halogens is 1. The predicted octanol–water partition coefficient (Wildman–Crippen LogP) is 4.79. The number of carbonyl (C=O) groups is 1. The van der Waals surface area contributed by atoms with Crippen LogP contribution < -0.4 is 10.1 Å². The van der Waals surface area contributed by atoms with Gasteiger partial charge in [0.2, 0.25) is 0 Å². The molecule has 0 aliphatic rings. The lowest BCUT2D eigenvalue weighted by Crippen LogP contribution is -2.12. The van der Waals surface area contributed by atoms with Crippen molar-refractivity contribution in [1.29, 1.82) is 0 Å². The molecule has 3 rings (SSSR count). The van der Waals surface area contributed by atoms with Gasteiger partial charge in [0.15, 0.2) is 15.6 Å². The van der Waals surface area contributed by atoms with Crippen LogP contribution in [0.25, 0.3) is 0 Å². The van der Waals surface area contributed by atoms with Crippen molar-refractivity contribution in [2.45, 2.75) is 4.90 Å². The number of rotatable bonds is 5. The van der Waals surface area contributed by atoms with Crippen molar-refractivity contribution in [3.63, 3.8) is 0 Å². The fourth-order valence-corrected chi connectivity index (χ4v) is 3.16. The summed E-state index contributed by atoms with van der Waals surface area (Å²) in [7, 11) is -3.31. The first-order valence-electron chi connectivity index (χ1n) is 7.97. The first-order chi connectivity index (χ1) is 12.8. The summed E-state index contributed by atoms with van der Waals surface area (Å²) in [5.41, 5.74) is 0.796. The number of nitrogens with one attached hydrogen (secondary N) is 1. The Balaban J connectivity index is 1.82. The van der Waals surface area contributed by atoms with E-state index >= 15 is 0 Å². The molecule has 0 saturated heterocycles. The number of sulfone groups is 1. The number of ether oxygens (including phenoxy) is 1. The molecule has 138 valence electrons. The summed E-state index contributed by atoms with van der Waals surface area (Å²) >= 11 is 6.12. The molecule has 0 aromatic heterocycles. The Hall–Kier alpha value is -2.83. The molecule has 5 nitrogen and oxygen atoms in total. The van der Waals surface area contributed by atoms with Crippen molar-refractivity contribution >= 4 is 33.0 Å². The molecule has 0 spiro atoms. The second-order valence-electron chi connectivity index (χ2n) is 5.78. The van der Waals surface area contributed by atoms with Crippen molar-refractivity contribution in [1.82, 2.24) is 0 Å². The molecule has 3 aromatic rings. The third-order valence-corrected chi connectivity index (χ3v) is 5.18. The number of carbonyl (C=O) groups excluding carboxylic acids is 1. The maximum Gasteiger partial charge on any atom is 0.255 e. The summed E-state index contributed by atoms with van der Waals surface area (Å²) in [5.74, 6) is 0.523. The molecule has 0 bridgehead atoms. The molecule has 3 aromatic carbocycles. The molecule has 0 aliphatic heterocycles. The number of hydrogen-bond donors (Lipinski definition) is 1. The second kappa shape index (κ2) is 7.82. The third-order valence-electron chi connectivity index (χ3n) is 3.74. The van der Waals surface area contributed by atoms with Gasteiger partial charge >= 0.3 is 0 Å². The van der Waals surface area contributed by atoms with Crippen LogP contribution in [0.3, 0.4) is 0 Å². The maximum atomic E-state index is 12.5. The normalized spacial score (nSPS) is 11.0. The molecule has 27 heavy (non-hydrogen) atoms. The Morgan fingerprint density at radius 1 is 0.889 bits per heavy atom. The van der Waals surface area contributed by atoms with E-state index in [0.717, 1.165) is 6.26 Å². The highest BCUT2D eigenvalue weighted by Crippen LogP contribution is 2.33. The lowest BCUT2D eigenvalue weighted by molar-refractivity contribution is 0.102. The quantitative estimate of drug-likeness (QED) is 0.667. The van der Waals surface area contributed by atoms with E-state index in [2.05, 4.69) is 5.32 Å². The minimum absolute atomic E-state index is 0.154. The van der Waals surface area contributed by atoms with Gasteiger partial charge in [-0.25, -0.2) is 8.42 Å². The average Bonchev–Trinajstić information content (AvgIpc) is 2.64. The van der Waals surface area contributed by atoms with E-state index in [1.807, 2.05) is 0 Å². The molecule has 0 fully saturated rings. The molecule has 0 unspecified atom stereocenters. The van der Waals surface area contributed by atoms with Gasteiger partial charge in [0.1, 0.15) is 5.75 Å². The SMILES string of the molecule is CS(=O)(=O)c1ccc(C(=O)Nc2ccccc2Oc2ccccc2Cl)cc1. The lowest BCUT2D eigenvalue weighted by atomic mass is 10.2. The van der Waals surface area contributed by atoms with Gasteiger partial charge in [-0.1, -0.05) is 35.9 Å². The molecule has 0 saturated carbocycles. The van der Waals surface area contributed by atoms with Crippen LogP contribution in [0.4, 0.5) is 5.69 Å². The van der Waals surface area contributed by atoms with Crippen molar-refractivity contribution in [2.75, 3.05) is 11.6 Å². The van der Waals surface area contributed by atoms with Crippen LogP contribution in [-0.2, 0) is 9.84 Å². The van der Waals surface area contributed by atoms with Crippen molar-refractivity contribution in [3.8, 4) is 11.5 Å². The monoisotopic (exact) mass is 401 g/mol. The van der Waals surface area contributed by atoms with Crippen LogP contribution in [0.5, 0.6) is 11.5 Å². The predicted molar refractivity (Wildman–Crippen MR) is 105 cm³/mol. The second-order valence-corrected chi connectivity index (χ2v) is 8.20. The Morgan fingerprint density at radius 3 is 2.11 bits per heavy atom. The number of para-hydroxylation sites is 3. The summed E-state index contributed by atoms with van der Waals surface area (Å²) in [6.07, 6.45) is 1.12. The summed E-state index contributed by atoms with van der Waals surface area (Å²) in [5, 5.41) is 3.22. The largest absolute Gasteiger partial charge is 0.454 e. The van der Waals surface area contributed by atoms with Gasteiger partial charge in [-0.3, -0.25) is 4.79 Å². The van der Waals surface area contributed by atoms with Crippen LogP contribution >= 0.6 is 11.6 Å². The topological polar surface area (TPSA) is 72.5 Å². The number of anilines is 1. The zero-order chi connectivity index (χ0) is 19.4. The standard InChI is InChI=1S/C20H16ClNO4S/c1-27(24,25)15-12-10-14(11-13-15)20(23)22-17-7-3-5-9-19(17)26-18-8-4-2-6-16(18)21/h2-13H,1H3,(H,22,23). The fraction of sp³-hybridized carbons (Fsp3) is 0.0500. The number of amides is 1. The molecule has 0 radical (unpaired) electrons. The van der Waals surface area contributed by atoms with E-state index in [1.54, 1.807) is 48.5 Å². The summed E-state index contributed by atoms with van der Waals surface area (Å²) < 4.78 is 28.9. The molecule has 1 N–H and O–H groups in total. The smallest absolute Gasteiger partial charge is 0.255 e. The van der Waals surface area contributed by atoms with E-state index < -0.39 is 9.84 Å². The molecule has 0 aliphatic carbocycles. The van der Waals surface area contributed by atoms with Gasteiger partial charge in [0.25, 0.3) is 5.91 Å². The number of hydrogen-bond acceptors (Lipinski definition) is 4. The summed E-state index contributed by atoms with van der Waals surface area (Å²) in [6.45, 7) is 0. The Bertz CT molecular complexity index is 1080. The van der Waals surface area contributed by atoms with Crippen LogP contribution in [0.2, 0.25) is 5.02 Å². The lowest BCUT2D eigenvalue weighted by Gasteiger charge is -2.13. The highest BCUT2D eigenvalue weighted by atomic mass is 35.5. The van der Waals surface area contributed by atoms with Crippen LogP contribution in [0, 0.1) is 0 Å². The molecular weight excluding hydrogens is 386 g/mol. The van der Waals surface area contributed by atoms with Gasteiger partial charge in [-0.15, -0.1) is 0 Å². The van der Waals surface area contributed by atoms with Crippen molar-refractivity contribution in [2.24, 2.45) is 0 Å². The van der Waals surface area contributed by atoms with Crippen LogP contribution in [0.15, 0.2) is 77.7 Å². The van der Waals surface area contributed by atoms with Crippen LogP contribution in [-0.4, -0.2) is 20.6 Å². The molecule has 0 atom stereocenters. The van der Waals surface area contributed by atoms with E-state index in [0.29, 0.717) is 27.8 Å². The maximum absolute atomic E-state index is 12.5. The van der Waals surface area contributed by atoms with Gasteiger partial charge < -0.3 is 10.1 Å². The molecule has 7 heteroatoms. The molecule has 1 amide bonds. The minimum atomic E-state index is -3.31. The first kappa shape index (κ1) is 18.9. The van der Waals surface area contributed by atoms with E-state index in [4.69, 9.17) is 16.3 Å². The highest BCUT2D eigenvalue weighted by Gasteiger charge is 2.13. The van der Waals surface area contributed by atoms with Crippen molar-refractivity contribution < 1.29 is 17.9 Å². The Kier molecular flexibility index (Phi) is 5.48. The molecule has 0 heterocycles. The number of benzene rings is 3. The minimum Gasteiger partial charge on any atom is -0.454 e. The van der Waals surface area contributed by atoms with Gasteiger partial charge in [0, 0.05) is 11.8 Å². The Morgan fingerprint density at radius 2 is 1.48 bits per heavy atom. The zero-order valence-corrected chi connectivity index (χ0v) is 15.9. The first-order valence-corrected chi connectivity index (χ1v) is 10.2. The molecular formula is C20H16ClNO4S. The van der Waals surface area contributed by atoms with Crippen LogP contribution in [0.1, 0.15) is 10.4 Å². The average molecular weight is 402 g/mol. The van der Waals surface area contributed by atoms with Gasteiger partial charge in [0.05, 0.1) is 15.6 Å². The fourth-order valence-electron chi connectivity index (χ4n) is 2.35.